The molecule has 0 N–H and O–H groups in total. The fourth-order valence-electron chi connectivity index (χ4n) is 1.61. The highest BCUT2D eigenvalue weighted by Crippen LogP contribution is 2.28. The molecule has 17 heavy (non-hydrogen) atoms. The van der Waals surface area contributed by atoms with Gasteiger partial charge in [0.05, 0.1) is 12.2 Å². The molecule has 1 aromatic carbocycles. The van der Waals surface area contributed by atoms with Crippen LogP contribution in [-0.2, 0) is 4.74 Å². The fraction of sp³-hybridized carbons (Fsp3) is 0.143. The number of allylic oxidation sites excluding steroid dienone is 2. The molecule has 0 amide bonds. The highest BCUT2D eigenvalue weighted by atomic mass is 16.5. The van der Waals surface area contributed by atoms with Crippen molar-refractivity contribution in [3.63, 3.8) is 0 Å². The second-order valence-electron chi connectivity index (χ2n) is 3.48. The largest absolute Gasteiger partial charge is 0.499 e. The molecule has 0 fully saturated rings. The first-order valence-corrected chi connectivity index (χ1v) is 5.42. The zero-order valence-corrected chi connectivity index (χ0v) is 9.55. The molecule has 84 valence electrons. The zero-order chi connectivity index (χ0) is 12.1. The van der Waals surface area contributed by atoms with Gasteiger partial charge in [0.25, 0.3) is 0 Å². The molecule has 1 aliphatic heterocycles. The molecule has 0 unspecified atom stereocenters. The summed E-state index contributed by atoms with van der Waals surface area (Å²) in [5.74, 6) is 0. The number of aliphatic imine (C=N–C) groups is 1. The molecule has 0 spiro atoms. The lowest BCUT2D eigenvalue weighted by atomic mass is 10.0. The normalized spacial score (nSPS) is 16.4. The highest BCUT2D eigenvalue weighted by molar-refractivity contribution is 6.16. The van der Waals surface area contributed by atoms with Crippen molar-refractivity contribution in [2.45, 2.75) is 6.92 Å². The summed E-state index contributed by atoms with van der Waals surface area (Å²) in [4.78, 5) is 4.20. The van der Waals surface area contributed by atoms with Crippen molar-refractivity contribution in [3.8, 4) is 6.07 Å². The van der Waals surface area contributed by atoms with Gasteiger partial charge < -0.3 is 4.74 Å². The van der Waals surface area contributed by atoms with Gasteiger partial charge in [-0.1, -0.05) is 30.3 Å². The molecule has 0 bridgehead atoms. The number of rotatable bonds is 3. The Labute approximate surface area is 100 Å². The SMILES string of the molecule is CCOC=C1N=CC(c2ccccc2)=C1C#N. The first kappa shape index (κ1) is 11.2. The molecule has 1 heterocycles. The van der Waals surface area contributed by atoms with E-state index in [0.717, 1.165) is 11.1 Å². The van der Waals surface area contributed by atoms with Gasteiger partial charge in [0, 0.05) is 11.8 Å². The summed E-state index contributed by atoms with van der Waals surface area (Å²) in [5, 5.41) is 9.18. The van der Waals surface area contributed by atoms with Gasteiger partial charge in [0.15, 0.2) is 0 Å². The van der Waals surface area contributed by atoms with Gasteiger partial charge in [-0.25, -0.2) is 0 Å². The maximum atomic E-state index is 9.18. The average Bonchev–Trinajstić information content (AvgIpc) is 2.80. The molecule has 3 heteroatoms. The quantitative estimate of drug-likeness (QED) is 0.741. The molecular weight excluding hydrogens is 212 g/mol. The van der Waals surface area contributed by atoms with Crippen LogP contribution in [0.4, 0.5) is 0 Å². The summed E-state index contributed by atoms with van der Waals surface area (Å²) in [5.41, 5.74) is 2.99. The number of nitriles is 1. The van der Waals surface area contributed by atoms with E-state index >= 15 is 0 Å². The van der Waals surface area contributed by atoms with Crippen molar-refractivity contribution in [1.82, 2.24) is 0 Å². The Hall–Kier alpha value is -2.34. The first-order chi connectivity index (χ1) is 8.36. The van der Waals surface area contributed by atoms with E-state index in [2.05, 4.69) is 11.1 Å². The molecule has 0 saturated carbocycles. The van der Waals surface area contributed by atoms with Crippen molar-refractivity contribution < 1.29 is 4.74 Å². The Morgan fingerprint density at radius 2 is 2.12 bits per heavy atom. The lowest BCUT2D eigenvalue weighted by Crippen LogP contribution is -1.88. The van der Waals surface area contributed by atoms with Crippen molar-refractivity contribution in [1.29, 1.82) is 5.26 Å². The van der Waals surface area contributed by atoms with E-state index < -0.39 is 0 Å². The highest BCUT2D eigenvalue weighted by Gasteiger charge is 2.17. The van der Waals surface area contributed by atoms with Crippen LogP contribution >= 0.6 is 0 Å². The Morgan fingerprint density at radius 1 is 1.35 bits per heavy atom. The average molecular weight is 224 g/mol. The van der Waals surface area contributed by atoms with Crippen molar-refractivity contribution in [2.75, 3.05) is 6.61 Å². The summed E-state index contributed by atoms with van der Waals surface area (Å²) in [6, 6.07) is 11.9. The zero-order valence-electron chi connectivity index (χ0n) is 9.55. The molecule has 3 nitrogen and oxygen atoms in total. The van der Waals surface area contributed by atoms with Gasteiger partial charge >= 0.3 is 0 Å². The van der Waals surface area contributed by atoms with Gasteiger partial charge in [-0.2, -0.15) is 5.26 Å². The van der Waals surface area contributed by atoms with Crippen molar-refractivity contribution in [2.24, 2.45) is 4.99 Å². The number of ether oxygens (including phenoxy) is 1. The monoisotopic (exact) mass is 224 g/mol. The maximum absolute atomic E-state index is 9.18. The second kappa shape index (κ2) is 5.13. The van der Waals surface area contributed by atoms with Crippen LogP contribution in [0.3, 0.4) is 0 Å². The van der Waals surface area contributed by atoms with E-state index in [9.17, 15) is 5.26 Å². The number of nitrogens with zero attached hydrogens (tertiary/aromatic N) is 2. The first-order valence-electron chi connectivity index (χ1n) is 5.42. The minimum atomic E-state index is 0.560. The fourth-order valence-corrected chi connectivity index (χ4v) is 1.61. The third-order valence-corrected chi connectivity index (χ3v) is 2.42. The van der Waals surface area contributed by atoms with E-state index in [-0.39, 0.29) is 0 Å². The standard InChI is InChI=1S/C14H12N2O/c1-2-17-10-14-12(8-15)13(9-16-14)11-6-4-3-5-7-11/h3-7,9-10H,2H2,1H3. The molecule has 0 aliphatic carbocycles. The third-order valence-electron chi connectivity index (χ3n) is 2.42. The van der Waals surface area contributed by atoms with Gasteiger partial charge in [0.1, 0.15) is 18.0 Å². The summed E-state index contributed by atoms with van der Waals surface area (Å²) in [6.45, 7) is 2.46. The molecule has 2 rings (SSSR count). The van der Waals surface area contributed by atoms with Crippen LogP contribution in [0.15, 0.2) is 52.9 Å². The maximum Gasteiger partial charge on any atom is 0.116 e. The minimum Gasteiger partial charge on any atom is -0.499 e. The number of benzene rings is 1. The minimum absolute atomic E-state index is 0.560. The Kier molecular flexibility index (Phi) is 3.37. The molecule has 1 aliphatic rings. The van der Waals surface area contributed by atoms with E-state index in [1.54, 1.807) is 6.21 Å². The predicted octanol–water partition coefficient (Wildman–Crippen LogP) is 2.93. The summed E-state index contributed by atoms with van der Waals surface area (Å²) >= 11 is 0. The van der Waals surface area contributed by atoms with Crippen LogP contribution in [0, 0.1) is 11.3 Å². The van der Waals surface area contributed by atoms with Crippen LogP contribution in [0.5, 0.6) is 0 Å². The molecule has 1 aromatic rings. The van der Waals surface area contributed by atoms with E-state index in [1.807, 2.05) is 37.3 Å². The lowest BCUT2D eigenvalue weighted by Gasteiger charge is -2.00. The van der Waals surface area contributed by atoms with E-state index in [4.69, 9.17) is 4.74 Å². The molecule has 0 radical (unpaired) electrons. The van der Waals surface area contributed by atoms with Crippen LogP contribution in [0.2, 0.25) is 0 Å². The van der Waals surface area contributed by atoms with Crippen LogP contribution < -0.4 is 0 Å². The Balaban J connectivity index is 2.41. The molecule has 0 saturated heterocycles. The smallest absolute Gasteiger partial charge is 0.116 e. The summed E-state index contributed by atoms with van der Waals surface area (Å²) in [6.07, 6.45) is 3.24. The van der Waals surface area contributed by atoms with Gasteiger partial charge in [0.2, 0.25) is 0 Å². The van der Waals surface area contributed by atoms with Gasteiger partial charge in [-0.15, -0.1) is 0 Å². The second-order valence-corrected chi connectivity index (χ2v) is 3.48. The predicted molar refractivity (Wildman–Crippen MR) is 67.2 cm³/mol. The molecule has 0 aromatic heterocycles. The molecule has 0 atom stereocenters. The van der Waals surface area contributed by atoms with Crippen molar-refractivity contribution >= 4 is 11.8 Å². The summed E-state index contributed by atoms with van der Waals surface area (Å²) < 4.78 is 5.17. The Bertz CT molecular complexity index is 533. The number of hydrogen-bond donors (Lipinski definition) is 0. The lowest BCUT2D eigenvalue weighted by molar-refractivity contribution is 0.266. The molecular formula is C14H12N2O. The van der Waals surface area contributed by atoms with Crippen LogP contribution in [-0.4, -0.2) is 12.8 Å². The third kappa shape index (κ3) is 2.26. The van der Waals surface area contributed by atoms with Gasteiger partial charge in [-0.05, 0) is 12.5 Å². The van der Waals surface area contributed by atoms with Crippen molar-refractivity contribution in [3.05, 3.63) is 53.4 Å². The summed E-state index contributed by atoms with van der Waals surface area (Å²) in [7, 11) is 0. The van der Waals surface area contributed by atoms with Crippen LogP contribution in [0.1, 0.15) is 12.5 Å². The van der Waals surface area contributed by atoms with E-state index in [1.165, 1.54) is 6.26 Å². The van der Waals surface area contributed by atoms with Gasteiger partial charge in [-0.3, -0.25) is 4.99 Å². The number of hydrogen-bond acceptors (Lipinski definition) is 3. The topological polar surface area (TPSA) is 45.4 Å². The van der Waals surface area contributed by atoms with E-state index in [0.29, 0.717) is 17.9 Å². The Morgan fingerprint density at radius 3 is 2.76 bits per heavy atom. The van der Waals surface area contributed by atoms with Crippen LogP contribution in [0.25, 0.3) is 5.57 Å².